The van der Waals surface area contributed by atoms with Gasteiger partial charge in [0.2, 0.25) is 0 Å². The normalized spacial score (nSPS) is 15.5. The third-order valence-corrected chi connectivity index (χ3v) is 4.22. The number of hydrogen-bond acceptors (Lipinski definition) is 4. The molecule has 0 fully saturated rings. The maximum atomic E-state index is 11.4. The van der Waals surface area contributed by atoms with Crippen LogP contribution in [0, 0.1) is 0 Å². The first-order valence-electron chi connectivity index (χ1n) is 6.38. The summed E-state index contributed by atoms with van der Waals surface area (Å²) in [5.41, 5.74) is -0.261. The van der Waals surface area contributed by atoms with Crippen LogP contribution in [-0.4, -0.2) is 44.8 Å². The van der Waals surface area contributed by atoms with Crippen LogP contribution < -0.4 is 0 Å². The number of hydrogen-bond donors (Lipinski definition) is 1. The molecular weight excluding hydrogens is 262 g/mol. The molecule has 1 aromatic rings. The Morgan fingerprint density at radius 3 is 2.21 bits per heavy atom. The van der Waals surface area contributed by atoms with Crippen LogP contribution in [0.2, 0.25) is 0 Å². The zero-order valence-corrected chi connectivity index (χ0v) is 12.9. The molecule has 1 atom stereocenters. The fourth-order valence-electron chi connectivity index (χ4n) is 2.14. The fourth-order valence-corrected chi connectivity index (χ4v) is 2.77. The van der Waals surface area contributed by atoms with E-state index in [0.29, 0.717) is 6.54 Å². The van der Waals surface area contributed by atoms with Crippen LogP contribution in [0.15, 0.2) is 29.2 Å². The van der Waals surface area contributed by atoms with E-state index >= 15 is 0 Å². The summed E-state index contributed by atoms with van der Waals surface area (Å²) in [5.74, 6) is 0. The first kappa shape index (κ1) is 16.1. The molecule has 0 heterocycles. The van der Waals surface area contributed by atoms with Crippen molar-refractivity contribution < 1.29 is 13.5 Å². The van der Waals surface area contributed by atoms with Gasteiger partial charge in [0, 0.05) is 12.8 Å². The first-order chi connectivity index (χ1) is 8.66. The van der Waals surface area contributed by atoms with Crippen molar-refractivity contribution in [3.05, 3.63) is 29.8 Å². The molecule has 0 spiro atoms. The van der Waals surface area contributed by atoms with Gasteiger partial charge >= 0.3 is 0 Å². The molecule has 0 radical (unpaired) electrons. The Hall–Kier alpha value is -0.910. The van der Waals surface area contributed by atoms with Crippen LogP contribution in [0.3, 0.4) is 0 Å². The second kappa shape index (κ2) is 6.03. The number of nitrogens with zero attached hydrogens (tertiary/aromatic N) is 1. The van der Waals surface area contributed by atoms with E-state index in [-0.39, 0.29) is 4.90 Å². The summed E-state index contributed by atoms with van der Waals surface area (Å²) in [6.07, 6.45) is 2.20. The molecule has 1 unspecified atom stereocenters. The molecule has 0 bridgehead atoms. The van der Waals surface area contributed by atoms with Crippen molar-refractivity contribution in [2.45, 2.75) is 30.8 Å². The van der Waals surface area contributed by atoms with Gasteiger partial charge in [-0.25, -0.2) is 8.42 Å². The van der Waals surface area contributed by atoms with Gasteiger partial charge in [-0.05, 0) is 44.6 Å². The highest BCUT2D eigenvalue weighted by Gasteiger charge is 2.25. The number of likely N-dealkylation sites (N-methyl/N-ethyl adjacent to an activating group) is 1. The maximum Gasteiger partial charge on any atom is 0.175 e. The smallest absolute Gasteiger partial charge is 0.175 e. The number of benzene rings is 1. The lowest BCUT2D eigenvalue weighted by atomic mass is 9.95. The van der Waals surface area contributed by atoms with Crippen molar-refractivity contribution in [1.29, 1.82) is 0 Å². The van der Waals surface area contributed by atoms with Gasteiger partial charge in [0.25, 0.3) is 0 Å². The Kier molecular flexibility index (Phi) is 5.12. The summed E-state index contributed by atoms with van der Waals surface area (Å²) in [6.45, 7) is 5.26. The highest BCUT2D eigenvalue weighted by Crippen LogP contribution is 2.23. The molecule has 1 rings (SSSR count). The second-order valence-electron chi connectivity index (χ2n) is 5.31. The topological polar surface area (TPSA) is 57.6 Å². The number of aliphatic hydroxyl groups is 1. The summed E-state index contributed by atoms with van der Waals surface area (Å²) in [6, 6.07) is 6.43. The van der Waals surface area contributed by atoms with Gasteiger partial charge in [-0.3, -0.25) is 0 Å². The van der Waals surface area contributed by atoms with Crippen LogP contribution in [0.5, 0.6) is 0 Å². The number of sulfone groups is 1. The highest BCUT2D eigenvalue weighted by atomic mass is 32.2. The largest absolute Gasteiger partial charge is 0.384 e. The lowest BCUT2D eigenvalue weighted by Crippen LogP contribution is -2.37. The van der Waals surface area contributed by atoms with Gasteiger partial charge in [0.1, 0.15) is 0 Å². The van der Waals surface area contributed by atoms with E-state index in [4.69, 9.17) is 0 Å². The molecule has 5 heteroatoms. The van der Waals surface area contributed by atoms with Crippen LogP contribution in [0.4, 0.5) is 0 Å². The molecule has 0 saturated heterocycles. The Morgan fingerprint density at radius 1 is 1.26 bits per heavy atom. The summed E-state index contributed by atoms with van der Waals surface area (Å²) in [5, 5.41) is 10.5. The zero-order chi connectivity index (χ0) is 14.7. The van der Waals surface area contributed by atoms with E-state index in [9.17, 15) is 13.5 Å². The van der Waals surface area contributed by atoms with E-state index in [1.165, 1.54) is 6.26 Å². The van der Waals surface area contributed by atoms with Crippen molar-refractivity contribution >= 4 is 9.84 Å². The molecule has 0 aliphatic carbocycles. The Morgan fingerprint density at radius 2 is 1.79 bits per heavy atom. The van der Waals surface area contributed by atoms with Gasteiger partial charge < -0.3 is 10.0 Å². The Balaban J connectivity index is 2.90. The van der Waals surface area contributed by atoms with E-state index in [0.717, 1.165) is 18.5 Å². The van der Waals surface area contributed by atoms with E-state index < -0.39 is 15.4 Å². The lowest BCUT2D eigenvalue weighted by molar-refractivity contribution is 0.0234. The summed E-state index contributed by atoms with van der Waals surface area (Å²) < 4.78 is 22.8. The minimum Gasteiger partial charge on any atom is -0.384 e. The fraction of sp³-hybridized carbons (Fsp3) is 0.571. The predicted octanol–water partition coefficient (Wildman–Crippen LogP) is 1.64. The van der Waals surface area contributed by atoms with Crippen LogP contribution in [-0.2, 0) is 15.4 Å². The third kappa shape index (κ3) is 4.60. The van der Waals surface area contributed by atoms with Crippen LogP contribution >= 0.6 is 0 Å². The zero-order valence-electron chi connectivity index (χ0n) is 12.0. The molecule has 0 aromatic heterocycles. The second-order valence-corrected chi connectivity index (χ2v) is 7.32. The summed E-state index contributed by atoms with van der Waals surface area (Å²) >= 11 is 0. The summed E-state index contributed by atoms with van der Waals surface area (Å²) in [4.78, 5) is 2.33. The minimum absolute atomic E-state index is 0.272. The average Bonchev–Trinajstić information content (AvgIpc) is 2.27. The monoisotopic (exact) mass is 285 g/mol. The third-order valence-electron chi connectivity index (χ3n) is 3.09. The van der Waals surface area contributed by atoms with E-state index in [1.807, 2.05) is 7.05 Å². The average molecular weight is 285 g/mol. The Labute approximate surface area is 116 Å². The molecule has 1 aromatic carbocycles. The summed E-state index contributed by atoms with van der Waals surface area (Å²) in [7, 11) is -1.23. The molecule has 0 saturated carbocycles. The van der Waals surface area contributed by atoms with E-state index in [1.54, 1.807) is 31.2 Å². The van der Waals surface area contributed by atoms with Crippen molar-refractivity contribution in [1.82, 2.24) is 4.90 Å². The molecule has 0 amide bonds. The number of rotatable bonds is 6. The maximum absolute atomic E-state index is 11.4. The molecule has 0 aliphatic rings. The lowest BCUT2D eigenvalue weighted by Gasteiger charge is -2.29. The van der Waals surface area contributed by atoms with Gasteiger partial charge in [-0.15, -0.1) is 0 Å². The first-order valence-corrected chi connectivity index (χ1v) is 8.27. The molecule has 19 heavy (non-hydrogen) atoms. The van der Waals surface area contributed by atoms with Crippen molar-refractivity contribution in [3.63, 3.8) is 0 Å². The van der Waals surface area contributed by atoms with Crippen LogP contribution in [0.25, 0.3) is 0 Å². The van der Waals surface area contributed by atoms with Gasteiger partial charge in [0.05, 0.1) is 10.5 Å². The molecule has 0 aliphatic heterocycles. The quantitative estimate of drug-likeness (QED) is 0.863. The molecule has 1 N–H and O–H groups in total. The van der Waals surface area contributed by atoms with Gasteiger partial charge in [-0.1, -0.05) is 19.1 Å². The van der Waals surface area contributed by atoms with Gasteiger partial charge in [0.15, 0.2) is 9.84 Å². The van der Waals surface area contributed by atoms with E-state index in [2.05, 4.69) is 11.8 Å². The van der Waals surface area contributed by atoms with Crippen molar-refractivity contribution in [2.75, 3.05) is 26.4 Å². The highest BCUT2D eigenvalue weighted by molar-refractivity contribution is 7.90. The van der Waals surface area contributed by atoms with Crippen molar-refractivity contribution in [2.24, 2.45) is 0 Å². The SMILES string of the molecule is CCCN(C)CC(C)(O)c1ccc(S(C)(=O)=O)cc1. The minimum atomic E-state index is -3.19. The van der Waals surface area contributed by atoms with Gasteiger partial charge in [-0.2, -0.15) is 0 Å². The molecule has 4 nitrogen and oxygen atoms in total. The standard InChI is InChI=1S/C14H23NO3S/c1-5-10-15(3)11-14(2,16)12-6-8-13(9-7-12)19(4,17)18/h6-9,16H,5,10-11H2,1-4H3. The Bertz CT molecular complexity index is 506. The molecular formula is C14H23NO3S. The predicted molar refractivity (Wildman–Crippen MR) is 76.9 cm³/mol. The van der Waals surface area contributed by atoms with Crippen LogP contribution in [0.1, 0.15) is 25.8 Å². The molecule has 108 valence electrons. The van der Waals surface area contributed by atoms with Crippen molar-refractivity contribution in [3.8, 4) is 0 Å².